The van der Waals surface area contributed by atoms with E-state index >= 15 is 0 Å². The van der Waals surface area contributed by atoms with Crippen molar-refractivity contribution in [2.24, 2.45) is 0 Å². The highest BCUT2D eigenvalue weighted by atomic mass is 35.5. The number of amides is 1. The van der Waals surface area contributed by atoms with E-state index in [-0.39, 0.29) is 34.9 Å². The van der Waals surface area contributed by atoms with Crippen LogP contribution in [0, 0.1) is 0 Å². The Hall–Kier alpha value is -4.49. The number of hydrogen-bond donors (Lipinski definition) is 2. The maximum absolute atomic E-state index is 13.5. The van der Waals surface area contributed by atoms with Crippen LogP contribution in [0.15, 0.2) is 89.9 Å². The molecule has 0 aliphatic heterocycles. The lowest BCUT2D eigenvalue weighted by molar-refractivity contribution is 0.0946. The van der Waals surface area contributed by atoms with Crippen LogP contribution in [-0.4, -0.2) is 26.5 Å². The number of rotatable bonds is 6. The van der Waals surface area contributed by atoms with Crippen molar-refractivity contribution in [1.82, 2.24) is 20.1 Å². The molecule has 0 bridgehead atoms. The predicted octanol–water partition coefficient (Wildman–Crippen LogP) is 5.17. The third-order valence-electron chi connectivity index (χ3n) is 5.96. The quantitative estimate of drug-likeness (QED) is 0.317. The van der Waals surface area contributed by atoms with E-state index in [0.29, 0.717) is 27.2 Å². The number of fused-ring (bicyclic) bond motifs is 1. The molecule has 5 aromatic rings. The van der Waals surface area contributed by atoms with Gasteiger partial charge in [0.2, 0.25) is 0 Å². The summed E-state index contributed by atoms with van der Waals surface area (Å²) in [6.07, 6.45) is 1.66. The number of carbonyl (C=O) groups is 2. The highest BCUT2D eigenvalue weighted by Gasteiger charge is 2.22. The van der Waals surface area contributed by atoms with Crippen LogP contribution < -0.4 is 10.7 Å². The number of H-pyrrole nitrogens is 1. The number of carbonyl (C=O) groups excluding carboxylic acids is 2. The van der Waals surface area contributed by atoms with Gasteiger partial charge in [-0.2, -0.15) is 5.10 Å². The maximum Gasteiger partial charge on any atom is 0.251 e. The lowest BCUT2D eigenvalue weighted by Crippen LogP contribution is -2.30. The fourth-order valence-corrected chi connectivity index (χ4v) is 4.44. The van der Waals surface area contributed by atoms with Gasteiger partial charge in [0.05, 0.1) is 16.9 Å². The molecule has 0 atom stereocenters. The number of aromatic amines is 1. The molecule has 0 spiro atoms. The van der Waals surface area contributed by atoms with Gasteiger partial charge in [-0.05, 0) is 54.1 Å². The van der Waals surface area contributed by atoms with E-state index in [1.807, 2.05) is 48.5 Å². The number of hydrogen-bond acceptors (Lipinski definition) is 4. The van der Waals surface area contributed by atoms with E-state index in [4.69, 9.17) is 11.6 Å². The molecule has 8 heteroatoms. The Labute approximate surface area is 211 Å². The van der Waals surface area contributed by atoms with Gasteiger partial charge in [0, 0.05) is 46.9 Å². The number of nitrogens with one attached hydrogen (secondary N) is 2. The van der Waals surface area contributed by atoms with Crippen LogP contribution in [0.2, 0.25) is 5.02 Å². The number of Topliss-reactive ketones (excluding diaryl/α,β-unsaturated/α-hetero) is 1. The van der Waals surface area contributed by atoms with Crippen LogP contribution in [-0.2, 0) is 6.54 Å². The number of aromatic nitrogens is 3. The SMILES string of the molecule is CC(=O)c1c(CNC(=O)c2ccc(-c3ccn[nH]3)cc2)c(=O)c2ccc(Cl)cc2n1-c1ccccc1. The van der Waals surface area contributed by atoms with Gasteiger partial charge in [0.15, 0.2) is 11.2 Å². The smallest absolute Gasteiger partial charge is 0.251 e. The average molecular weight is 497 g/mol. The Morgan fingerprint density at radius 2 is 1.75 bits per heavy atom. The second-order valence-electron chi connectivity index (χ2n) is 8.28. The fraction of sp³-hybridized carbons (Fsp3) is 0.0714. The van der Waals surface area contributed by atoms with Gasteiger partial charge in [-0.25, -0.2) is 0 Å². The first-order valence-corrected chi connectivity index (χ1v) is 11.6. The summed E-state index contributed by atoms with van der Waals surface area (Å²) in [7, 11) is 0. The second kappa shape index (κ2) is 9.64. The van der Waals surface area contributed by atoms with Crippen molar-refractivity contribution >= 4 is 34.2 Å². The Balaban J connectivity index is 1.55. The molecule has 1 amide bonds. The van der Waals surface area contributed by atoms with Gasteiger partial charge in [0.1, 0.15) is 0 Å². The fourth-order valence-electron chi connectivity index (χ4n) is 4.28. The zero-order valence-electron chi connectivity index (χ0n) is 19.3. The molecule has 0 saturated heterocycles. The molecular formula is C28H21ClN4O3. The van der Waals surface area contributed by atoms with Gasteiger partial charge < -0.3 is 9.88 Å². The molecular weight excluding hydrogens is 476 g/mol. The summed E-state index contributed by atoms with van der Waals surface area (Å²) in [5.41, 5.74) is 3.48. The van der Waals surface area contributed by atoms with Gasteiger partial charge in [0.25, 0.3) is 5.91 Å². The number of pyridine rings is 1. The Morgan fingerprint density at radius 1 is 1.00 bits per heavy atom. The summed E-state index contributed by atoms with van der Waals surface area (Å²) in [6, 6.07) is 23.1. The summed E-state index contributed by atoms with van der Waals surface area (Å²) in [4.78, 5) is 39.3. The summed E-state index contributed by atoms with van der Waals surface area (Å²) >= 11 is 6.25. The van der Waals surface area contributed by atoms with Gasteiger partial charge in [-0.1, -0.05) is 41.9 Å². The van der Waals surface area contributed by atoms with Crippen LogP contribution >= 0.6 is 11.6 Å². The number of ketones is 1. The summed E-state index contributed by atoms with van der Waals surface area (Å²) < 4.78 is 1.73. The van der Waals surface area contributed by atoms with Crippen LogP contribution in [0.5, 0.6) is 0 Å². The maximum atomic E-state index is 13.5. The first-order valence-electron chi connectivity index (χ1n) is 11.3. The number of halogens is 1. The van der Waals surface area contributed by atoms with Crippen molar-refractivity contribution in [3.05, 3.63) is 117 Å². The minimum Gasteiger partial charge on any atom is -0.348 e. The van der Waals surface area contributed by atoms with Gasteiger partial charge >= 0.3 is 0 Å². The van der Waals surface area contributed by atoms with E-state index in [9.17, 15) is 14.4 Å². The molecule has 0 fully saturated rings. The summed E-state index contributed by atoms with van der Waals surface area (Å²) in [6.45, 7) is 1.30. The Morgan fingerprint density at radius 3 is 2.42 bits per heavy atom. The first kappa shape index (κ1) is 23.3. The molecule has 0 radical (unpaired) electrons. The van der Waals surface area contributed by atoms with Crippen LogP contribution in [0.4, 0.5) is 0 Å². The summed E-state index contributed by atoms with van der Waals surface area (Å²) in [5.74, 6) is -0.659. The Bertz CT molecular complexity index is 1640. The number of benzene rings is 3. The Kier molecular flexibility index (Phi) is 6.23. The highest BCUT2D eigenvalue weighted by Crippen LogP contribution is 2.25. The van der Waals surface area contributed by atoms with E-state index in [0.717, 1.165) is 11.3 Å². The van der Waals surface area contributed by atoms with Crippen molar-refractivity contribution in [1.29, 1.82) is 0 Å². The van der Waals surface area contributed by atoms with Crippen molar-refractivity contribution in [2.45, 2.75) is 13.5 Å². The third kappa shape index (κ3) is 4.32. The zero-order chi connectivity index (χ0) is 25.2. The third-order valence-corrected chi connectivity index (χ3v) is 6.20. The molecule has 3 aromatic carbocycles. The number of para-hydroxylation sites is 1. The minimum atomic E-state index is -0.359. The molecule has 36 heavy (non-hydrogen) atoms. The molecule has 0 unspecified atom stereocenters. The molecule has 0 saturated carbocycles. The summed E-state index contributed by atoms with van der Waals surface area (Å²) in [5, 5.41) is 10.5. The highest BCUT2D eigenvalue weighted by molar-refractivity contribution is 6.31. The normalized spacial score (nSPS) is 10.9. The van der Waals surface area contributed by atoms with Crippen molar-refractivity contribution in [2.75, 3.05) is 0 Å². The lowest BCUT2D eigenvalue weighted by Gasteiger charge is -2.19. The van der Waals surface area contributed by atoms with E-state index in [2.05, 4.69) is 15.5 Å². The van der Waals surface area contributed by atoms with E-state index < -0.39 is 0 Å². The van der Waals surface area contributed by atoms with Crippen molar-refractivity contribution in [3.63, 3.8) is 0 Å². The molecule has 2 N–H and O–H groups in total. The van der Waals surface area contributed by atoms with Crippen LogP contribution in [0.1, 0.15) is 33.3 Å². The van der Waals surface area contributed by atoms with Gasteiger partial charge in [-0.15, -0.1) is 0 Å². The molecule has 5 rings (SSSR count). The van der Waals surface area contributed by atoms with Gasteiger partial charge in [-0.3, -0.25) is 19.5 Å². The molecule has 2 heterocycles. The van der Waals surface area contributed by atoms with Crippen molar-refractivity contribution in [3.8, 4) is 16.9 Å². The van der Waals surface area contributed by atoms with E-state index in [1.54, 1.807) is 41.1 Å². The predicted molar refractivity (Wildman–Crippen MR) is 140 cm³/mol. The molecule has 7 nitrogen and oxygen atoms in total. The monoisotopic (exact) mass is 496 g/mol. The lowest BCUT2D eigenvalue weighted by atomic mass is 10.0. The number of nitrogens with zero attached hydrogens (tertiary/aromatic N) is 2. The average Bonchev–Trinajstić information content (AvgIpc) is 3.43. The largest absolute Gasteiger partial charge is 0.348 e. The molecule has 2 aromatic heterocycles. The first-order chi connectivity index (χ1) is 17.4. The van der Waals surface area contributed by atoms with E-state index in [1.165, 1.54) is 6.92 Å². The minimum absolute atomic E-state index is 0.111. The van der Waals surface area contributed by atoms with Crippen LogP contribution in [0.25, 0.3) is 27.8 Å². The molecule has 0 aliphatic carbocycles. The zero-order valence-corrected chi connectivity index (χ0v) is 20.0. The van der Waals surface area contributed by atoms with Crippen molar-refractivity contribution < 1.29 is 9.59 Å². The topological polar surface area (TPSA) is 96.8 Å². The second-order valence-corrected chi connectivity index (χ2v) is 8.71. The molecule has 178 valence electrons. The van der Waals surface area contributed by atoms with Crippen LogP contribution in [0.3, 0.4) is 0 Å². The standard InChI is InChI=1S/C28H21ClN4O3/c1-17(34)26-23(16-30-28(36)19-9-7-18(8-10-19)24-13-14-31-32-24)27(35)22-12-11-20(29)15-25(22)33(26)21-5-3-2-4-6-21/h2-15H,16H2,1H3,(H,30,36)(H,31,32). The molecule has 0 aliphatic rings.